The Morgan fingerprint density at radius 2 is 2.16 bits per heavy atom. The fourth-order valence-electron chi connectivity index (χ4n) is 3.44. The Morgan fingerprint density at radius 1 is 1.35 bits per heavy atom. The average Bonchev–Trinajstić information content (AvgIpc) is 3.35. The molecule has 0 aliphatic heterocycles. The Kier molecular flexibility index (Phi) is 7.51. The number of aromatic nitrogens is 2. The molecule has 1 aliphatic carbocycles. The molecule has 0 spiro atoms. The van der Waals surface area contributed by atoms with Crippen LogP contribution < -0.4 is 15.4 Å². The standard InChI is InChI=1S/C21H25ClN4O5/c1-12(2)23-21(29)31-14-7-6-13(8-14)17-9-19(26-25-17)24-20(28)11-30-18-5-3-4-16(22)15(18)10-27/h3-5,9-10,12-14H,6-8,11H2,1-2H3,(H,23,29)(H2,24,25,26,28)/t13-,14+/m0/s1. The van der Waals surface area contributed by atoms with Crippen molar-refractivity contribution in [2.75, 3.05) is 11.9 Å². The normalized spacial score (nSPS) is 17.9. The molecule has 1 aliphatic rings. The number of aromatic amines is 1. The molecule has 2 amide bonds. The zero-order valence-electron chi connectivity index (χ0n) is 17.3. The van der Waals surface area contributed by atoms with Crippen LogP contribution in [0.5, 0.6) is 5.75 Å². The molecule has 1 fully saturated rings. The van der Waals surface area contributed by atoms with Gasteiger partial charge >= 0.3 is 6.09 Å². The highest BCUT2D eigenvalue weighted by atomic mass is 35.5. The third-order valence-electron chi connectivity index (χ3n) is 4.86. The molecule has 1 saturated carbocycles. The number of ether oxygens (including phenoxy) is 2. The molecule has 1 heterocycles. The lowest BCUT2D eigenvalue weighted by Crippen LogP contribution is -2.33. The van der Waals surface area contributed by atoms with E-state index < -0.39 is 12.0 Å². The molecule has 0 unspecified atom stereocenters. The van der Waals surface area contributed by atoms with Gasteiger partial charge in [0.15, 0.2) is 18.7 Å². The molecule has 31 heavy (non-hydrogen) atoms. The van der Waals surface area contributed by atoms with Crippen LogP contribution in [0.4, 0.5) is 10.6 Å². The summed E-state index contributed by atoms with van der Waals surface area (Å²) < 4.78 is 10.8. The van der Waals surface area contributed by atoms with Gasteiger partial charge in [0, 0.05) is 23.7 Å². The molecule has 2 aromatic rings. The molecule has 3 N–H and O–H groups in total. The highest BCUT2D eigenvalue weighted by molar-refractivity contribution is 6.33. The van der Waals surface area contributed by atoms with Crippen molar-refractivity contribution in [2.24, 2.45) is 0 Å². The van der Waals surface area contributed by atoms with Crippen LogP contribution in [-0.2, 0) is 9.53 Å². The number of aldehydes is 1. The first-order valence-electron chi connectivity index (χ1n) is 10.0. The summed E-state index contributed by atoms with van der Waals surface area (Å²) in [7, 11) is 0. The van der Waals surface area contributed by atoms with Crippen molar-refractivity contribution >= 4 is 35.7 Å². The van der Waals surface area contributed by atoms with Crippen LogP contribution in [0.25, 0.3) is 0 Å². The fourth-order valence-corrected chi connectivity index (χ4v) is 3.65. The maximum atomic E-state index is 12.2. The number of rotatable bonds is 8. The van der Waals surface area contributed by atoms with Gasteiger partial charge in [0.25, 0.3) is 5.91 Å². The highest BCUT2D eigenvalue weighted by Crippen LogP contribution is 2.35. The number of anilines is 1. The Balaban J connectivity index is 1.49. The third-order valence-corrected chi connectivity index (χ3v) is 5.19. The van der Waals surface area contributed by atoms with Gasteiger partial charge in [-0.3, -0.25) is 14.7 Å². The number of carbonyl (C=O) groups excluding carboxylic acids is 3. The lowest BCUT2D eigenvalue weighted by molar-refractivity contribution is -0.118. The molecule has 3 rings (SSSR count). The molecular formula is C21H25ClN4O5. The fraction of sp³-hybridized carbons (Fsp3) is 0.429. The maximum Gasteiger partial charge on any atom is 0.407 e. The Bertz CT molecular complexity index is 946. The number of benzene rings is 1. The Hall–Kier alpha value is -3.07. The van der Waals surface area contributed by atoms with Crippen LogP contribution >= 0.6 is 11.6 Å². The van der Waals surface area contributed by atoms with Crippen molar-refractivity contribution in [3.05, 3.63) is 40.5 Å². The van der Waals surface area contributed by atoms with E-state index in [0.717, 1.165) is 18.5 Å². The van der Waals surface area contributed by atoms with Gasteiger partial charge in [-0.2, -0.15) is 5.10 Å². The van der Waals surface area contributed by atoms with Gasteiger partial charge in [0.2, 0.25) is 0 Å². The van der Waals surface area contributed by atoms with Crippen LogP contribution in [0.2, 0.25) is 5.02 Å². The third kappa shape index (κ3) is 6.21. The van der Waals surface area contributed by atoms with E-state index in [1.807, 2.05) is 13.8 Å². The summed E-state index contributed by atoms with van der Waals surface area (Å²) in [6.07, 6.45) is 2.33. The molecule has 9 nitrogen and oxygen atoms in total. The van der Waals surface area contributed by atoms with E-state index in [0.29, 0.717) is 18.5 Å². The van der Waals surface area contributed by atoms with Crippen LogP contribution in [0.3, 0.4) is 0 Å². The van der Waals surface area contributed by atoms with Gasteiger partial charge < -0.3 is 20.1 Å². The number of halogens is 1. The summed E-state index contributed by atoms with van der Waals surface area (Å²) >= 11 is 5.94. The lowest BCUT2D eigenvalue weighted by Gasteiger charge is -2.14. The molecule has 0 radical (unpaired) electrons. The summed E-state index contributed by atoms with van der Waals surface area (Å²) in [5, 5.41) is 12.7. The van der Waals surface area contributed by atoms with E-state index >= 15 is 0 Å². The number of nitrogens with one attached hydrogen (secondary N) is 3. The van der Waals surface area contributed by atoms with Crippen molar-refractivity contribution in [1.29, 1.82) is 0 Å². The van der Waals surface area contributed by atoms with Gasteiger partial charge in [-0.15, -0.1) is 0 Å². The largest absolute Gasteiger partial charge is 0.483 e. The van der Waals surface area contributed by atoms with Gasteiger partial charge in [0.1, 0.15) is 11.9 Å². The van der Waals surface area contributed by atoms with E-state index in [4.69, 9.17) is 21.1 Å². The maximum absolute atomic E-state index is 12.2. The highest BCUT2D eigenvalue weighted by Gasteiger charge is 2.30. The van der Waals surface area contributed by atoms with E-state index in [-0.39, 0.29) is 41.0 Å². The summed E-state index contributed by atoms with van der Waals surface area (Å²) in [6, 6.07) is 6.55. The van der Waals surface area contributed by atoms with Crippen molar-refractivity contribution in [2.45, 2.75) is 51.2 Å². The number of hydrogen-bond acceptors (Lipinski definition) is 6. The van der Waals surface area contributed by atoms with E-state index in [9.17, 15) is 14.4 Å². The van der Waals surface area contributed by atoms with Gasteiger partial charge in [-0.25, -0.2) is 4.79 Å². The summed E-state index contributed by atoms with van der Waals surface area (Å²) in [5.74, 6) is 0.340. The number of nitrogens with zero attached hydrogens (tertiary/aromatic N) is 1. The number of alkyl carbamates (subject to hydrolysis) is 1. The van der Waals surface area contributed by atoms with Gasteiger partial charge in [0.05, 0.1) is 10.6 Å². The van der Waals surface area contributed by atoms with Crippen molar-refractivity contribution < 1.29 is 23.9 Å². The first-order chi connectivity index (χ1) is 14.9. The summed E-state index contributed by atoms with van der Waals surface area (Å²) in [5.41, 5.74) is 1.06. The predicted molar refractivity (Wildman–Crippen MR) is 115 cm³/mol. The van der Waals surface area contributed by atoms with Crippen LogP contribution in [0.1, 0.15) is 55.1 Å². The molecule has 1 aromatic heterocycles. The van der Waals surface area contributed by atoms with E-state index in [1.165, 1.54) is 0 Å². The smallest absolute Gasteiger partial charge is 0.407 e. The minimum Gasteiger partial charge on any atom is -0.483 e. The second-order valence-electron chi connectivity index (χ2n) is 7.65. The predicted octanol–water partition coefficient (Wildman–Crippen LogP) is 3.66. The summed E-state index contributed by atoms with van der Waals surface area (Å²) in [6.45, 7) is 3.45. The quantitative estimate of drug-likeness (QED) is 0.529. The van der Waals surface area contributed by atoms with Crippen LogP contribution in [0, 0.1) is 0 Å². The van der Waals surface area contributed by atoms with E-state index in [1.54, 1.807) is 24.3 Å². The first kappa shape index (κ1) is 22.6. The van der Waals surface area contributed by atoms with E-state index in [2.05, 4.69) is 20.8 Å². The zero-order chi connectivity index (χ0) is 22.4. The SMILES string of the molecule is CC(C)NC(=O)O[C@@H]1CC[C@H](c2cc(NC(=O)COc3cccc(Cl)c3C=O)n[nH]2)C1. The van der Waals surface area contributed by atoms with Crippen molar-refractivity contribution in [3.8, 4) is 5.75 Å². The topological polar surface area (TPSA) is 122 Å². The minimum atomic E-state index is -0.423. The van der Waals surface area contributed by atoms with Gasteiger partial charge in [-0.1, -0.05) is 17.7 Å². The van der Waals surface area contributed by atoms with Crippen LogP contribution in [0.15, 0.2) is 24.3 Å². The number of H-pyrrole nitrogens is 1. The van der Waals surface area contributed by atoms with Gasteiger partial charge in [-0.05, 0) is 45.2 Å². The zero-order valence-corrected chi connectivity index (χ0v) is 18.1. The van der Waals surface area contributed by atoms with Crippen molar-refractivity contribution in [1.82, 2.24) is 15.5 Å². The summed E-state index contributed by atoms with van der Waals surface area (Å²) in [4.78, 5) is 35.1. The average molecular weight is 449 g/mol. The molecular weight excluding hydrogens is 424 g/mol. The molecule has 166 valence electrons. The second-order valence-corrected chi connectivity index (χ2v) is 8.06. The van der Waals surface area contributed by atoms with Crippen LogP contribution in [-0.4, -0.2) is 47.2 Å². The first-order valence-corrected chi connectivity index (χ1v) is 10.4. The number of carbonyl (C=O) groups is 3. The number of hydrogen-bond donors (Lipinski definition) is 3. The Labute approximate surface area is 184 Å². The molecule has 10 heteroatoms. The lowest BCUT2D eigenvalue weighted by atomic mass is 10.0. The minimum absolute atomic E-state index is 0.0244. The monoisotopic (exact) mass is 448 g/mol. The molecule has 2 atom stereocenters. The number of amides is 2. The Morgan fingerprint density at radius 3 is 2.90 bits per heavy atom. The van der Waals surface area contributed by atoms with Crippen molar-refractivity contribution in [3.63, 3.8) is 0 Å². The molecule has 0 bridgehead atoms. The second kappa shape index (κ2) is 10.3. The molecule has 1 aromatic carbocycles. The molecule has 0 saturated heterocycles.